The highest BCUT2D eigenvalue weighted by Crippen LogP contribution is 2.32. The average molecular weight is 537 g/mol. The highest BCUT2D eigenvalue weighted by molar-refractivity contribution is 9.10. The predicted octanol–water partition coefficient (Wildman–Crippen LogP) is 4.75. The van der Waals surface area contributed by atoms with Crippen LogP contribution < -0.4 is 19.1 Å². The molecule has 0 aromatic heterocycles. The third-order valence-corrected chi connectivity index (χ3v) is 7.45. The Hall–Kier alpha value is -3.11. The minimum Gasteiger partial charge on any atom is -0.493 e. The van der Waals surface area contributed by atoms with Crippen molar-refractivity contribution in [1.29, 1.82) is 0 Å². The van der Waals surface area contributed by atoms with Crippen molar-refractivity contribution in [3.8, 4) is 11.5 Å². The van der Waals surface area contributed by atoms with Crippen molar-refractivity contribution in [3.05, 3.63) is 76.5 Å². The topological polar surface area (TPSA) is 84.9 Å². The van der Waals surface area contributed by atoms with Crippen molar-refractivity contribution in [2.24, 2.45) is 0 Å². The smallest absolute Gasteiger partial charge is 0.264 e. The molecular formula is C23H22BrFN2O5S. The van der Waals surface area contributed by atoms with Crippen molar-refractivity contribution in [3.63, 3.8) is 0 Å². The van der Waals surface area contributed by atoms with Crippen LogP contribution in [0.4, 0.5) is 15.8 Å². The van der Waals surface area contributed by atoms with Crippen molar-refractivity contribution < 1.29 is 27.1 Å². The summed E-state index contributed by atoms with van der Waals surface area (Å²) in [5, 5.41) is 2.70. The largest absolute Gasteiger partial charge is 0.493 e. The van der Waals surface area contributed by atoms with Gasteiger partial charge in [-0.1, -0.05) is 15.9 Å². The van der Waals surface area contributed by atoms with E-state index < -0.39 is 28.3 Å². The number of hydrogen-bond acceptors (Lipinski definition) is 5. The molecule has 0 atom stereocenters. The summed E-state index contributed by atoms with van der Waals surface area (Å²) in [6.07, 6.45) is 0. The van der Waals surface area contributed by atoms with Crippen LogP contribution in [0.25, 0.3) is 0 Å². The van der Waals surface area contributed by atoms with Gasteiger partial charge in [-0.25, -0.2) is 12.8 Å². The van der Waals surface area contributed by atoms with Crippen LogP contribution in [-0.4, -0.2) is 35.1 Å². The Bertz CT molecular complexity index is 1270. The molecule has 0 radical (unpaired) electrons. The summed E-state index contributed by atoms with van der Waals surface area (Å²) in [5.41, 5.74) is 1.55. The van der Waals surface area contributed by atoms with Gasteiger partial charge < -0.3 is 14.8 Å². The molecule has 3 aromatic rings. The number of amides is 1. The summed E-state index contributed by atoms with van der Waals surface area (Å²) < 4.78 is 52.7. The van der Waals surface area contributed by atoms with Gasteiger partial charge in [0.2, 0.25) is 5.91 Å². The Labute approximate surface area is 200 Å². The number of aryl methyl sites for hydroxylation is 1. The zero-order valence-corrected chi connectivity index (χ0v) is 20.5. The quantitative estimate of drug-likeness (QED) is 0.449. The van der Waals surface area contributed by atoms with Gasteiger partial charge in [-0.15, -0.1) is 0 Å². The molecule has 0 aliphatic rings. The van der Waals surface area contributed by atoms with Crippen molar-refractivity contribution in [2.75, 3.05) is 30.4 Å². The predicted molar refractivity (Wildman–Crippen MR) is 128 cm³/mol. The molecule has 7 nitrogen and oxygen atoms in total. The Kier molecular flexibility index (Phi) is 7.60. The van der Waals surface area contributed by atoms with Crippen LogP contribution in [0.2, 0.25) is 0 Å². The Morgan fingerprint density at radius 2 is 1.67 bits per heavy atom. The summed E-state index contributed by atoms with van der Waals surface area (Å²) in [6.45, 7) is 1.34. The molecule has 10 heteroatoms. The molecule has 0 fully saturated rings. The second-order valence-electron chi connectivity index (χ2n) is 7.02. The molecule has 0 heterocycles. The first-order chi connectivity index (χ1) is 15.6. The number of carbonyl (C=O) groups is 1. The molecule has 33 heavy (non-hydrogen) atoms. The minimum absolute atomic E-state index is 0.114. The fourth-order valence-electron chi connectivity index (χ4n) is 3.08. The molecule has 3 rings (SSSR count). The lowest BCUT2D eigenvalue weighted by Crippen LogP contribution is -2.38. The zero-order valence-electron chi connectivity index (χ0n) is 18.1. The second kappa shape index (κ2) is 10.2. The van der Waals surface area contributed by atoms with Gasteiger partial charge in [-0.05, 0) is 67.1 Å². The normalized spacial score (nSPS) is 11.1. The molecule has 0 aliphatic carbocycles. The van der Waals surface area contributed by atoms with Gasteiger partial charge in [-0.3, -0.25) is 9.10 Å². The highest BCUT2D eigenvalue weighted by atomic mass is 79.9. The SMILES string of the molecule is COc1ccc(S(=O)(=O)N(CC(=O)Nc2ccc(Br)c(C)c2)c2ccc(F)cc2)cc1OC. The number of halogens is 2. The monoisotopic (exact) mass is 536 g/mol. The number of anilines is 2. The standard InChI is InChI=1S/C23H22BrFN2O5S/c1-15-12-17(6-10-20(15)24)26-23(28)14-27(18-7-4-16(25)5-8-18)33(29,30)19-9-11-21(31-2)22(13-19)32-3/h4-13H,14H2,1-3H3,(H,26,28). The van der Waals surface area contributed by atoms with Gasteiger partial charge in [0.05, 0.1) is 24.8 Å². The lowest BCUT2D eigenvalue weighted by Gasteiger charge is -2.24. The lowest BCUT2D eigenvalue weighted by molar-refractivity contribution is -0.114. The molecule has 0 aliphatic heterocycles. The Balaban J connectivity index is 1.98. The molecule has 0 unspecified atom stereocenters. The number of rotatable bonds is 8. The molecular weight excluding hydrogens is 515 g/mol. The van der Waals surface area contributed by atoms with E-state index in [9.17, 15) is 17.6 Å². The summed E-state index contributed by atoms with van der Waals surface area (Å²) in [4.78, 5) is 12.7. The molecule has 174 valence electrons. The van der Waals surface area contributed by atoms with E-state index in [2.05, 4.69) is 21.2 Å². The van der Waals surface area contributed by atoms with Gasteiger partial charge in [0, 0.05) is 16.2 Å². The fourth-order valence-corrected chi connectivity index (χ4v) is 4.76. The Morgan fingerprint density at radius 3 is 2.27 bits per heavy atom. The van der Waals surface area contributed by atoms with E-state index in [1.54, 1.807) is 18.2 Å². The first-order valence-corrected chi connectivity index (χ1v) is 12.0. The van der Waals surface area contributed by atoms with E-state index in [4.69, 9.17) is 9.47 Å². The van der Waals surface area contributed by atoms with E-state index in [-0.39, 0.29) is 16.3 Å². The van der Waals surface area contributed by atoms with Crippen LogP contribution in [0.1, 0.15) is 5.56 Å². The number of ether oxygens (including phenoxy) is 2. The van der Waals surface area contributed by atoms with Gasteiger partial charge in [0.1, 0.15) is 12.4 Å². The number of sulfonamides is 1. The van der Waals surface area contributed by atoms with Crippen LogP contribution in [0.5, 0.6) is 11.5 Å². The molecule has 0 spiro atoms. The number of hydrogen-bond donors (Lipinski definition) is 1. The summed E-state index contributed by atoms with van der Waals surface area (Å²) in [6, 6.07) is 14.2. The summed E-state index contributed by atoms with van der Waals surface area (Å²) in [5.74, 6) is -0.525. The van der Waals surface area contributed by atoms with Gasteiger partial charge in [0.25, 0.3) is 10.0 Å². The highest BCUT2D eigenvalue weighted by Gasteiger charge is 2.28. The third-order valence-electron chi connectivity index (χ3n) is 4.79. The van der Waals surface area contributed by atoms with Crippen LogP contribution in [0, 0.1) is 12.7 Å². The maximum absolute atomic E-state index is 13.5. The van der Waals surface area contributed by atoms with E-state index in [1.807, 2.05) is 6.92 Å². The first kappa shape index (κ1) is 24.5. The van der Waals surface area contributed by atoms with E-state index >= 15 is 0 Å². The van der Waals surface area contributed by atoms with Crippen LogP contribution in [0.3, 0.4) is 0 Å². The molecule has 0 bridgehead atoms. The molecule has 1 amide bonds. The number of carbonyl (C=O) groups excluding carboxylic acids is 1. The maximum Gasteiger partial charge on any atom is 0.264 e. The fraction of sp³-hybridized carbons (Fsp3) is 0.174. The number of nitrogens with zero attached hydrogens (tertiary/aromatic N) is 1. The zero-order chi connectivity index (χ0) is 24.2. The number of benzene rings is 3. The molecule has 1 N–H and O–H groups in total. The molecule has 0 saturated heterocycles. The summed E-state index contributed by atoms with van der Waals surface area (Å²) in [7, 11) is -1.40. The van der Waals surface area contributed by atoms with Gasteiger partial charge in [-0.2, -0.15) is 0 Å². The van der Waals surface area contributed by atoms with Crippen molar-refractivity contribution >= 4 is 43.2 Å². The average Bonchev–Trinajstić information content (AvgIpc) is 2.80. The summed E-state index contributed by atoms with van der Waals surface area (Å²) >= 11 is 3.40. The van der Waals surface area contributed by atoms with E-state index in [0.717, 1.165) is 26.5 Å². The van der Waals surface area contributed by atoms with E-state index in [0.29, 0.717) is 11.4 Å². The lowest BCUT2D eigenvalue weighted by atomic mass is 10.2. The van der Waals surface area contributed by atoms with Gasteiger partial charge >= 0.3 is 0 Å². The van der Waals surface area contributed by atoms with Crippen LogP contribution in [-0.2, 0) is 14.8 Å². The van der Waals surface area contributed by atoms with Crippen LogP contribution >= 0.6 is 15.9 Å². The van der Waals surface area contributed by atoms with E-state index in [1.165, 1.54) is 44.6 Å². The number of methoxy groups -OCH3 is 2. The minimum atomic E-state index is -4.22. The third kappa shape index (κ3) is 5.63. The molecule has 3 aromatic carbocycles. The van der Waals surface area contributed by atoms with Gasteiger partial charge in [0.15, 0.2) is 11.5 Å². The molecule has 0 saturated carbocycles. The van der Waals surface area contributed by atoms with Crippen molar-refractivity contribution in [1.82, 2.24) is 0 Å². The Morgan fingerprint density at radius 1 is 1.00 bits per heavy atom. The number of nitrogens with one attached hydrogen (secondary N) is 1. The van der Waals surface area contributed by atoms with Crippen LogP contribution in [0.15, 0.2) is 70.0 Å². The maximum atomic E-state index is 13.5. The first-order valence-electron chi connectivity index (χ1n) is 9.72. The second-order valence-corrected chi connectivity index (χ2v) is 9.73. The van der Waals surface area contributed by atoms with Crippen molar-refractivity contribution in [2.45, 2.75) is 11.8 Å².